The number of hydrogen-bond acceptors (Lipinski definition) is 2. The van der Waals surface area contributed by atoms with Gasteiger partial charge in [0.1, 0.15) is 5.92 Å². The van der Waals surface area contributed by atoms with Crippen molar-refractivity contribution in [3.63, 3.8) is 0 Å². The molecule has 4 nitrogen and oxygen atoms in total. The van der Waals surface area contributed by atoms with E-state index in [1.54, 1.807) is 0 Å². The molecule has 2 rings (SSSR count). The van der Waals surface area contributed by atoms with Crippen LogP contribution in [-0.2, 0) is 15.0 Å². The lowest BCUT2D eigenvalue weighted by Gasteiger charge is -2.17. The molecule has 0 spiro atoms. The second-order valence-electron chi connectivity index (χ2n) is 4.92. The highest BCUT2D eigenvalue weighted by Gasteiger charge is 2.44. The Morgan fingerprint density at radius 2 is 1.94 bits per heavy atom. The van der Waals surface area contributed by atoms with Crippen molar-refractivity contribution >= 4 is 11.9 Å². The molecule has 0 radical (unpaired) electrons. The van der Waals surface area contributed by atoms with Crippen LogP contribution < -0.4 is 5.32 Å². The number of hydrogen-bond donors (Lipinski definition) is 2. The summed E-state index contributed by atoms with van der Waals surface area (Å²) in [5.74, 6) is -2.49. The molecule has 18 heavy (non-hydrogen) atoms. The number of amides is 1. The largest absolute Gasteiger partial charge is 0.481 e. The number of rotatable bonds is 5. The zero-order valence-electron chi connectivity index (χ0n) is 10.3. The molecule has 1 aromatic rings. The number of benzene rings is 1. The first-order valence-corrected chi connectivity index (χ1v) is 6.11. The summed E-state index contributed by atoms with van der Waals surface area (Å²) in [4.78, 5) is 22.3. The summed E-state index contributed by atoms with van der Waals surface area (Å²) in [7, 11) is 0. The first-order chi connectivity index (χ1) is 8.55. The third-order valence-electron chi connectivity index (χ3n) is 3.60. The fourth-order valence-electron chi connectivity index (χ4n) is 2.03. The second-order valence-corrected chi connectivity index (χ2v) is 4.92. The van der Waals surface area contributed by atoms with E-state index in [1.165, 1.54) is 12.5 Å². The molecule has 1 aliphatic carbocycles. The van der Waals surface area contributed by atoms with E-state index in [4.69, 9.17) is 5.11 Å². The third kappa shape index (κ3) is 2.53. The quantitative estimate of drug-likeness (QED) is 0.776. The Labute approximate surface area is 106 Å². The number of carbonyl (C=O) groups is 2. The molecule has 1 atom stereocenters. The molecule has 4 heteroatoms. The molecular weight excluding hydrogens is 230 g/mol. The summed E-state index contributed by atoms with van der Waals surface area (Å²) in [5.41, 5.74) is 1.24. The van der Waals surface area contributed by atoms with E-state index in [0.29, 0.717) is 6.54 Å². The van der Waals surface area contributed by atoms with Crippen LogP contribution in [0.15, 0.2) is 30.3 Å². The van der Waals surface area contributed by atoms with Gasteiger partial charge in [-0.05, 0) is 25.3 Å². The van der Waals surface area contributed by atoms with Crippen molar-refractivity contribution in [2.75, 3.05) is 6.54 Å². The van der Waals surface area contributed by atoms with Crippen molar-refractivity contribution in [2.45, 2.75) is 25.2 Å². The predicted octanol–water partition coefficient (Wildman–Crippen LogP) is 1.56. The lowest BCUT2D eigenvalue weighted by molar-refractivity contribution is -0.146. The molecular formula is C14H17NO3. The molecule has 1 aliphatic rings. The van der Waals surface area contributed by atoms with Gasteiger partial charge in [-0.15, -0.1) is 0 Å². The van der Waals surface area contributed by atoms with Crippen LogP contribution in [0.1, 0.15) is 25.3 Å². The van der Waals surface area contributed by atoms with E-state index in [0.717, 1.165) is 12.8 Å². The minimum atomic E-state index is -1.09. The van der Waals surface area contributed by atoms with Gasteiger partial charge in [-0.2, -0.15) is 0 Å². The maximum atomic E-state index is 11.6. The van der Waals surface area contributed by atoms with Gasteiger partial charge in [0.15, 0.2) is 0 Å². The van der Waals surface area contributed by atoms with E-state index >= 15 is 0 Å². The van der Waals surface area contributed by atoms with E-state index < -0.39 is 17.8 Å². The molecule has 0 heterocycles. The Balaban J connectivity index is 1.95. The van der Waals surface area contributed by atoms with Gasteiger partial charge in [-0.1, -0.05) is 30.3 Å². The number of carboxylic acid groups (broad SMARTS) is 1. The Bertz CT molecular complexity index is 451. The molecule has 1 saturated carbocycles. The van der Waals surface area contributed by atoms with Crippen LogP contribution in [0.3, 0.4) is 0 Å². The summed E-state index contributed by atoms with van der Waals surface area (Å²) in [6.07, 6.45) is 2.08. The lowest BCUT2D eigenvalue weighted by atomic mass is 9.96. The number of aliphatic carboxylic acids is 1. The smallest absolute Gasteiger partial charge is 0.315 e. The summed E-state index contributed by atoms with van der Waals surface area (Å²) >= 11 is 0. The Morgan fingerprint density at radius 1 is 1.33 bits per heavy atom. The monoisotopic (exact) mass is 247 g/mol. The molecule has 0 aliphatic heterocycles. The molecule has 2 N–H and O–H groups in total. The summed E-state index contributed by atoms with van der Waals surface area (Å²) < 4.78 is 0. The second kappa shape index (κ2) is 4.80. The Kier molecular flexibility index (Phi) is 3.36. The van der Waals surface area contributed by atoms with Crippen molar-refractivity contribution in [1.82, 2.24) is 5.32 Å². The van der Waals surface area contributed by atoms with Crippen LogP contribution in [0, 0.1) is 5.92 Å². The van der Waals surface area contributed by atoms with Gasteiger partial charge in [0.25, 0.3) is 0 Å². The highest BCUT2D eigenvalue weighted by Crippen LogP contribution is 2.47. The van der Waals surface area contributed by atoms with E-state index in [1.807, 2.05) is 18.2 Å². The Hall–Kier alpha value is -1.84. The molecule has 1 unspecified atom stereocenters. The fraction of sp³-hybridized carbons (Fsp3) is 0.429. The zero-order valence-corrected chi connectivity index (χ0v) is 10.3. The van der Waals surface area contributed by atoms with E-state index in [9.17, 15) is 9.59 Å². The maximum absolute atomic E-state index is 11.6. The zero-order chi connectivity index (χ0) is 13.2. The van der Waals surface area contributed by atoms with Crippen molar-refractivity contribution in [2.24, 2.45) is 5.92 Å². The van der Waals surface area contributed by atoms with Crippen LogP contribution >= 0.6 is 0 Å². The minimum absolute atomic E-state index is 0.0230. The van der Waals surface area contributed by atoms with Crippen LogP contribution in [0.4, 0.5) is 0 Å². The van der Waals surface area contributed by atoms with Crippen LogP contribution in [0.25, 0.3) is 0 Å². The van der Waals surface area contributed by atoms with Crippen molar-refractivity contribution in [3.8, 4) is 0 Å². The van der Waals surface area contributed by atoms with Gasteiger partial charge in [0.05, 0.1) is 0 Å². The maximum Gasteiger partial charge on any atom is 0.315 e. The van der Waals surface area contributed by atoms with Gasteiger partial charge < -0.3 is 10.4 Å². The fourth-order valence-corrected chi connectivity index (χ4v) is 2.03. The summed E-state index contributed by atoms with van der Waals surface area (Å²) in [5, 5.41) is 11.5. The normalized spacial score (nSPS) is 17.8. The molecule has 0 bridgehead atoms. The van der Waals surface area contributed by atoms with Crippen LogP contribution in [0.5, 0.6) is 0 Å². The van der Waals surface area contributed by atoms with Gasteiger partial charge >= 0.3 is 5.97 Å². The first kappa shape index (κ1) is 12.6. The lowest BCUT2D eigenvalue weighted by Crippen LogP contribution is -2.38. The molecule has 0 aromatic heterocycles. The molecule has 1 aromatic carbocycles. The standard InChI is InChI=1S/C14H17NO3/c1-10(13(17)18)12(16)15-9-14(7-8-14)11-5-3-2-4-6-11/h2-6,10H,7-9H2,1H3,(H,15,16)(H,17,18). The average Bonchev–Trinajstić information content (AvgIpc) is 3.17. The molecule has 1 fully saturated rings. The molecule has 1 amide bonds. The first-order valence-electron chi connectivity index (χ1n) is 6.11. The van der Waals surface area contributed by atoms with Crippen LogP contribution in [-0.4, -0.2) is 23.5 Å². The molecule has 0 saturated heterocycles. The number of carboxylic acids is 1. The highest BCUT2D eigenvalue weighted by molar-refractivity contribution is 5.96. The van der Waals surface area contributed by atoms with E-state index in [2.05, 4.69) is 17.4 Å². The number of nitrogens with one attached hydrogen (secondary N) is 1. The van der Waals surface area contributed by atoms with Gasteiger partial charge in [0.2, 0.25) is 5.91 Å². The SMILES string of the molecule is CC(C(=O)O)C(=O)NCC1(c2ccccc2)CC1. The van der Waals surface area contributed by atoms with Crippen molar-refractivity contribution < 1.29 is 14.7 Å². The van der Waals surface area contributed by atoms with E-state index in [-0.39, 0.29) is 5.41 Å². The van der Waals surface area contributed by atoms with Crippen LogP contribution in [0.2, 0.25) is 0 Å². The predicted molar refractivity (Wildman–Crippen MR) is 67.2 cm³/mol. The molecule has 96 valence electrons. The average molecular weight is 247 g/mol. The van der Waals surface area contributed by atoms with Crippen molar-refractivity contribution in [1.29, 1.82) is 0 Å². The summed E-state index contributed by atoms with van der Waals surface area (Å²) in [6.45, 7) is 1.92. The van der Waals surface area contributed by atoms with Crippen molar-refractivity contribution in [3.05, 3.63) is 35.9 Å². The minimum Gasteiger partial charge on any atom is -0.481 e. The highest BCUT2D eigenvalue weighted by atomic mass is 16.4. The van der Waals surface area contributed by atoms with Gasteiger partial charge in [-0.3, -0.25) is 9.59 Å². The number of carbonyl (C=O) groups excluding carboxylic acids is 1. The Morgan fingerprint density at radius 3 is 2.44 bits per heavy atom. The third-order valence-corrected chi connectivity index (χ3v) is 3.60. The van der Waals surface area contributed by atoms with Gasteiger partial charge in [-0.25, -0.2) is 0 Å². The topological polar surface area (TPSA) is 66.4 Å². The van der Waals surface area contributed by atoms with Gasteiger partial charge in [0, 0.05) is 12.0 Å². The summed E-state index contributed by atoms with van der Waals surface area (Å²) in [6, 6.07) is 10.0.